The summed E-state index contributed by atoms with van der Waals surface area (Å²) in [5.41, 5.74) is -5.11. The molecule has 0 aromatic heterocycles. The van der Waals surface area contributed by atoms with Gasteiger partial charge in [0.05, 0.1) is 20.8 Å². The van der Waals surface area contributed by atoms with Crippen LogP contribution in [-0.2, 0) is 10.0 Å². The molecule has 0 atom stereocenters. The Bertz CT molecular complexity index is 207. The SMILES string of the molecule is O=S(=O)(N([SiH3])[SiH3])C(F)(F)F. The van der Waals surface area contributed by atoms with Gasteiger partial charge in [-0.15, -0.1) is 0 Å². The van der Waals surface area contributed by atoms with Crippen molar-refractivity contribution in [3.05, 3.63) is 0 Å². The van der Waals surface area contributed by atoms with Gasteiger partial charge in [-0.3, -0.25) is 3.64 Å². The van der Waals surface area contributed by atoms with Crippen LogP contribution in [0.2, 0.25) is 0 Å². The standard InChI is InChI=1S/CH6F3NO2SSi2/c2-1(3,4)8(6,7)5(9)10/h9-10H3. The quantitative estimate of drug-likeness (QED) is 0.455. The van der Waals surface area contributed by atoms with Crippen molar-refractivity contribution in [2.45, 2.75) is 5.51 Å². The zero-order valence-corrected chi connectivity index (χ0v) is 10.1. The van der Waals surface area contributed by atoms with Crippen molar-refractivity contribution in [2.75, 3.05) is 0 Å². The molecule has 0 rings (SSSR count). The van der Waals surface area contributed by atoms with Crippen molar-refractivity contribution < 1.29 is 21.6 Å². The van der Waals surface area contributed by atoms with E-state index in [4.69, 9.17) is 0 Å². The van der Waals surface area contributed by atoms with Gasteiger partial charge < -0.3 is 0 Å². The summed E-state index contributed by atoms with van der Waals surface area (Å²) in [6, 6.07) is 0. The summed E-state index contributed by atoms with van der Waals surface area (Å²) >= 11 is 0. The summed E-state index contributed by atoms with van der Waals surface area (Å²) in [6.45, 7) is 0. The smallest absolute Gasteiger partial charge is 0.256 e. The minimum absolute atomic E-state index is 0.105. The van der Waals surface area contributed by atoms with E-state index in [-0.39, 0.29) is 20.8 Å². The van der Waals surface area contributed by atoms with Gasteiger partial charge in [-0.2, -0.15) is 13.2 Å². The van der Waals surface area contributed by atoms with Crippen molar-refractivity contribution >= 4 is 30.8 Å². The van der Waals surface area contributed by atoms with Gasteiger partial charge >= 0.3 is 15.5 Å². The average molecular weight is 209 g/mol. The van der Waals surface area contributed by atoms with E-state index in [0.717, 1.165) is 0 Å². The van der Waals surface area contributed by atoms with Crippen LogP contribution < -0.4 is 0 Å². The summed E-state index contributed by atoms with van der Waals surface area (Å²) in [7, 11) is -5.17. The minimum Gasteiger partial charge on any atom is -0.256 e. The highest BCUT2D eigenvalue weighted by Gasteiger charge is 2.46. The van der Waals surface area contributed by atoms with Gasteiger partial charge in [0.15, 0.2) is 0 Å². The molecule has 0 aliphatic heterocycles. The highest BCUT2D eigenvalue weighted by atomic mass is 32.2. The number of sulfonamides is 1. The Labute approximate surface area is 62.3 Å². The zero-order valence-electron chi connectivity index (χ0n) is 5.31. The molecule has 0 heterocycles. The summed E-state index contributed by atoms with van der Waals surface area (Å²) in [6.07, 6.45) is 0. The van der Waals surface area contributed by atoms with Crippen LogP contribution in [0.25, 0.3) is 0 Å². The fraction of sp³-hybridized carbons (Fsp3) is 1.00. The molecule has 0 aliphatic rings. The molecule has 9 heteroatoms. The molecule has 0 spiro atoms. The fourth-order valence-corrected chi connectivity index (χ4v) is 1.86. The first-order chi connectivity index (χ1) is 4.19. The molecule has 3 nitrogen and oxygen atoms in total. The second kappa shape index (κ2) is 2.64. The van der Waals surface area contributed by atoms with Crippen LogP contribution in [0.1, 0.15) is 0 Å². The number of halogens is 3. The summed E-state index contributed by atoms with van der Waals surface area (Å²) in [4.78, 5) is 0. The maximum absolute atomic E-state index is 11.5. The Hall–Kier alpha value is 0.134. The van der Waals surface area contributed by atoms with Crippen molar-refractivity contribution in [1.82, 2.24) is 3.64 Å². The number of rotatable bonds is 1. The number of hydrogen-bond acceptors (Lipinski definition) is 2. The molecule has 0 radical (unpaired) electrons. The Morgan fingerprint density at radius 2 is 1.50 bits per heavy atom. The van der Waals surface area contributed by atoms with E-state index in [0.29, 0.717) is 3.64 Å². The van der Waals surface area contributed by atoms with Crippen LogP contribution in [0.15, 0.2) is 0 Å². The topological polar surface area (TPSA) is 37.4 Å². The van der Waals surface area contributed by atoms with Crippen LogP contribution in [0, 0.1) is 0 Å². The molecule has 62 valence electrons. The van der Waals surface area contributed by atoms with Crippen molar-refractivity contribution in [2.24, 2.45) is 0 Å². The van der Waals surface area contributed by atoms with E-state index in [2.05, 4.69) is 0 Å². The third kappa shape index (κ3) is 1.81. The van der Waals surface area contributed by atoms with E-state index in [9.17, 15) is 21.6 Å². The lowest BCUT2D eigenvalue weighted by Gasteiger charge is -2.13. The molecule has 0 aromatic carbocycles. The Balaban J connectivity index is 4.79. The molecule has 0 saturated heterocycles. The number of alkyl halides is 3. The molecule has 10 heavy (non-hydrogen) atoms. The van der Waals surface area contributed by atoms with Crippen LogP contribution >= 0.6 is 0 Å². The largest absolute Gasteiger partial charge is 0.510 e. The highest BCUT2D eigenvalue weighted by molar-refractivity contribution is 7.91. The predicted octanol–water partition coefficient (Wildman–Crippen LogP) is -2.30. The Morgan fingerprint density at radius 1 is 1.20 bits per heavy atom. The van der Waals surface area contributed by atoms with Gasteiger partial charge in [0.1, 0.15) is 0 Å². The number of nitrogens with zero attached hydrogens (tertiary/aromatic N) is 1. The van der Waals surface area contributed by atoms with Crippen molar-refractivity contribution in [3.63, 3.8) is 0 Å². The molecule has 0 saturated carbocycles. The molecule has 0 fully saturated rings. The molecule has 0 aliphatic carbocycles. The van der Waals surface area contributed by atoms with Gasteiger partial charge in [0, 0.05) is 0 Å². The first kappa shape index (κ1) is 10.1. The van der Waals surface area contributed by atoms with Gasteiger partial charge in [-0.1, -0.05) is 0 Å². The van der Waals surface area contributed by atoms with Crippen molar-refractivity contribution in [3.8, 4) is 0 Å². The molecule has 0 unspecified atom stereocenters. The molecular weight excluding hydrogens is 203 g/mol. The molecule has 0 aromatic rings. The van der Waals surface area contributed by atoms with E-state index in [1.54, 1.807) is 0 Å². The van der Waals surface area contributed by atoms with Gasteiger partial charge in [0.2, 0.25) is 0 Å². The monoisotopic (exact) mass is 209 g/mol. The summed E-state index contributed by atoms with van der Waals surface area (Å²) < 4.78 is 55.3. The average Bonchev–Trinajstić information content (AvgIpc) is 1.62. The maximum Gasteiger partial charge on any atom is 0.510 e. The van der Waals surface area contributed by atoms with Crippen LogP contribution in [-0.4, -0.2) is 38.4 Å². The maximum atomic E-state index is 11.5. The lowest BCUT2D eigenvalue weighted by molar-refractivity contribution is -0.0456. The fourth-order valence-electron chi connectivity index (χ4n) is 0.207. The van der Waals surface area contributed by atoms with Crippen molar-refractivity contribution in [1.29, 1.82) is 0 Å². The van der Waals surface area contributed by atoms with Gasteiger partial charge in [-0.25, -0.2) is 8.42 Å². The van der Waals surface area contributed by atoms with Gasteiger partial charge in [-0.05, 0) is 0 Å². The Kier molecular flexibility index (Phi) is 2.67. The second-order valence-corrected chi connectivity index (χ2v) is 9.65. The Morgan fingerprint density at radius 3 is 1.50 bits per heavy atom. The minimum atomic E-state index is -5.11. The van der Waals surface area contributed by atoms with E-state index in [1.807, 2.05) is 0 Å². The van der Waals surface area contributed by atoms with Crippen LogP contribution in [0.5, 0.6) is 0 Å². The summed E-state index contributed by atoms with van der Waals surface area (Å²) in [5, 5.41) is 0. The summed E-state index contributed by atoms with van der Waals surface area (Å²) in [5.74, 6) is 0. The van der Waals surface area contributed by atoms with E-state index < -0.39 is 15.5 Å². The molecular formula is CH6F3NO2SSi2. The normalized spacial score (nSPS) is 14.8. The van der Waals surface area contributed by atoms with E-state index in [1.165, 1.54) is 0 Å². The molecule has 0 bridgehead atoms. The second-order valence-electron chi connectivity index (χ2n) is 1.73. The van der Waals surface area contributed by atoms with Crippen LogP contribution in [0.4, 0.5) is 13.2 Å². The van der Waals surface area contributed by atoms with Gasteiger partial charge in [0.25, 0.3) is 0 Å². The number of hydrogen-bond donors (Lipinski definition) is 0. The lowest BCUT2D eigenvalue weighted by Crippen LogP contribution is -2.37. The van der Waals surface area contributed by atoms with Crippen LogP contribution in [0.3, 0.4) is 0 Å². The third-order valence-corrected chi connectivity index (χ3v) is 5.20. The van der Waals surface area contributed by atoms with E-state index >= 15 is 0 Å². The zero-order chi connectivity index (χ0) is 8.58. The first-order valence-corrected chi connectivity index (χ1v) is 5.41. The highest BCUT2D eigenvalue weighted by Crippen LogP contribution is 2.24. The lowest BCUT2D eigenvalue weighted by atomic mass is 11.6. The third-order valence-electron chi connectivity index (χ3n) is 0.773. The molecule has 0 N–H and O–H groups in total. The predicted molar refractivity (Wildman–Crippen MR) is 36.7 cm³/mol. The first-order valence-electron chi connectivity index (χ1n) is 2.18. The molecule has 0 amide bonds.